The van der Waals surface area contributed by atoms with Crippen molar-refractivity contribution in [1.82, 2.24) is 10.2 Å². The van der Waals surface area contributed by atoms with Gasteiger partial charge in [-0.15, -0.1) is 0 Å². The second-order valence-electron chi connectivity index (χ2n) is 6.89. The Morgan fingerprint density at radius 1 is 0.952 bits per heavy atom. The van der Waals surface area contributed by atoms with Crippen LogP contribution in [0.2, 0.25) is 0 Å². The van der Waals surface area contributed by atoms with E-state index in [1.54, 1.807) is 0 Å². The van der Waals surface area contributed by atoms with Crippen LogP contribution in [0.25, 0.3) is 10.8 Å². The second-order valence-corrected chi connectivity index (χ2v) is 6.89. The van der Waals surface area contributed by atoms with Gasteiger partial charge in [0.15, 0.2) is 0 Å². The van der Waals surface area contributed by atoms with E-state index < -0.39 is 0 Å². The minimum absolute atomic E-state index is 0.613. The molecule has 0 aliphatic carbocycles. The Kier molecular flexibility index (Phi) is 3.44. The van der Waals surface area contributed by atoms with Crippen molar-refractivity contribution in [1.29, 1.82) is 0 Å². The predicted molar refractivity (Wildman–Crippen MR) is 88.4 cm³/mol. The van der Waals surface area contributed by atoms with Gasteiger partial charge in [-0.3, -0.25) is 4.90 Å². The highest BCUT2D eigenvalue weighted by Crippen LogP contribution is 2.39. The Morgan fingerprint density at radius 2 is 1.76 bits per heavy atom. The van der Waals surface area contributed by atoms with Crippen molar-refractivity contribution in [3.05, 3.63) is 48.0 Å². The fourth-order valence-corrected chi connectivity index (χ4v) is 4.12. The number of likely N-dealkylation sites (tertiary alicyclic amines) is 1. The number of piperidine rings is 1. The lowest BCUT2D eigenvalue weighted by Crippen LogP contribution is -2.38. The van der Waals surface area contributed by atoms with Gasteiger partial charge in [0.05, 0.1) is 0 Å². The molecule has 2 aromatic rings. The summed E-state index contributed by atoms with van der Waals surface area (Å²) in [7, 11) is 0. The molecule has 0 atom stereocenters. The van der Waals surface area contributed by atoms with E-state index in [9.17, 15) is 0 Å². The Morgan fingerprint density at radius 3 is 2.62 bits per heavy atom. The Labute approximate surface area is 127 Å². The van der Waals surface area contributed by atoms with E-state index in [-0.39, 0.29) is 0 Å². The molecule has 4 rings (SSSR count). The van der Waals surface area contributed by atoms with Gasteiger partial charge in [-0.05, 0) is 66.7 Å². The molecule has 2 heteroatoms. The third kappa shape index (κ3) is 2.70. The van der Waals surface area contributed by atoms with Crippen LogP contribution in [0, 0.1) is 5.41 Å². The van der Waals surface area contributed by atoms with Gasteiger partial charge in [0.25, 0.3) is 0 Å². The molecule has 2 aliphatic rings. The minimum atomic E-state index is 0.613. The predicted octanol–water partition coefficient (Wildman–Crippen LogP) is 3.42. The zero-order valence-corrected chi connectivity index (χ0v) is 12.6. The van der Waals surface area contributed by atoms with E-state index in [0.717, 1.165) is 6.54 Å². The molecule has 0 amide bonds. The summed E-state index contributed by atoms with van der Waals surface area (Å²) < 4.78 is 0. The first-order valence-electron chi connectivity index (χ1n) is 8.24. The smallest absolute Gasteiger partial charge is 0.0234 e. The normalized spacial score (nSPS) is 22.1. The number of fused-ring (bicyclic) bond motifs is 1. The van der Waals surface area contributed by atoms with Crippen LogP contribution in [-0.2, 0) is 6.54 Å². The van der Waals surface area contributed by atoms with Gasteiger partial charge in [0.2, 0.25) is 0 Å². The van der Waals surface area contributed by atoms with Crippen LogP contribution in [0.1, 0.15) is 24.8 Å². The molecule has 21 heavy (non-hydrogen) atoms. The molecule has 0 saturated carbocycles. The average molecular weight is 280 g/mol. The van der Waals surface area contributed by atoms with Crippen molar-refractivity contribution in [3.8, 4) is 0 Å². The zero-order chi connectivity index (χ0) is 14.1. The van der Waals surface area contributed by atoms with E-state index >= 15 is 0 Å². The topological polar surface area (TPSA) is 15.3 Å². The average Bonchev–Trinajstić information content (AvgIpc) is 2.90. The first-order valence-corrected chi connectivity index (χ1v) is 8.24. The van der Waals surface area contributed by atoms with E-state index in [1.807, 2.05) is 0 Å². The van der Waals surface area contributed by atoms with Gasteiger partial charge in [-0.1, -0.05) is 36.4 Å². The van der Waals surface area contributed by atoms with Crippen LogP contribution in [0.3, 0.4) is 0 Å². The molecule has 2 fully saturated rings. The first kappa shape index (κ1) is 13.3. The molecule has 2 aromatic carbocycles. The molecule has 0 radical (unpaired) electrons. The van der Waals surface area contributed by atoms with Crippen LogP contribution in [0.15, 0.2) is 42.5 Å². The largest absolute Gasteiger partial charge is 0.317 e. The van der Waals surface area contributed by atoms with Gasteiger partial charge in [-0.2, -0.15) is 0 Å². The van der Waals surface area contributed by atoms with E-state index in [4.69, 9.17) is 0 Å². The quantitative estimate of drug-likeness (QED) is 0.907. The van der Waals surface area contributed by atoms with Crippen LogP contribution in [0.5, 0.6) is 0 Å². The highest BCUT2D eigenvalue weighted by atomic mass is 15.2. The maximum Gasteiger partial charge on any atom is 0.0234 e. The number of benzene rings is 2. The summed E-state index contributed by atoms with van der Waals surface area (Å²) in [5, 5.41) is 6.21. The highest BCUT2D eigenvalue weighted by molar-refractivity contribution is 5.82. The fourth-order valence-electron chi connectivity index (χ4n) is 4.12. The standard InChI is InChI=1S/C19H24N2/c1-2-4-18-13-16(5-6-17(18)3-1)14-21-12-9-19(15-21)7-10-20-11-8-19/h1-6,13,20H,7-12,14-15H2. The number of hydrogen-bond donors (Lipinski definition) is 1. The Bertz CT molecular complexity index is 628. The van der Waals surface area contributed by atoms with Gasteiger partial charge in [0, 0.05) is 13.1 Å². The molecule has 2 nitrogen and oxygen atoms in total. The summed E-state index contributed by atoms with van der Waals surface area (Å²) in [5.41, 5.74) is 2.07. The van der Waals surface area contributed by atoms with Crippen LogP contribution in [-0.4, -0.2) is 31.1 Å². The van der Waals surface area contributed by atoms with E-state index in [2.05, 4.69) is 52.7 Å². The lowest BCUT2D eigenvalue weighted by Gasteiger charge is -2.34. The van der Waals surface area contributed by atoms with Crippen LogP contribution >= 0.6 is 0 Å². The summed E-state index contributed by atoms with van der Waals surface area (Å²) in [6.45, 7) is 6.10. The molecule has 1 N–H and O–H groups in total. The number of nitrogens with one attached hydrogen (secondary N) is 1. The second kappa shape index (κ2) is 5.43. The first-order chi connectivity index (χ1) is 10.3. The van der Waals surface area contributed by atoms with E-state index in [1.165, 1.54) is 61.8 Å². The van der Waals surface area contributed by atoms with Gasteiger partial charge >= 0.3 is 0 Å². The number of hydrogen-bond acceptors (Lipinski definition) is 2. The summed E-state index contributed by atoms with van der Waals surface area (Å²) in [5.74, 6) is 0. The van der Waals surface area contributed by atoms with Crippen molar-refractivity contribution >= 4 is 10.8 Å². The van der Waals surface area contributed by atoms with Crippen molar-refractivity contribution in [2.45, 2.75) is 25.8 Å². The molecular formula is C19H24N2. The summed E-state index contributed by atoms with van der Waals surface area (Å²) in [6.07, 6.45) is 4.12. The molecular weight excluding hydrogens is 256 g/mol. The SMILES string of the molecule is c1ccc2cc(CN3CCC4(CCNCC4)C3)ccc2c1. The fraction of sp³-hybridized carbons (Fsp3) is 0.474. The third-order valence-electron chi connectivity index (χ3n) is 5.40. The Balaban J connectivity index is 1.48. The monoisotopic (exact) mass is 280 g/mol. The molecule has 110 valence electrons. The lowest BCUT2D eigenvalue weighted by molar-refractivity contribution is 0.194. The summed E-state index contributed by atoms with van der Waals surface area (Å²) in [6, 6.07) is 15.6. The van der Waals surface area contributed by atoms with Crippen LogP contribution < -0.4 is 5.32 Å². The molecule has 2 aliphatic heterocycles. The lowest BCUT2D eigenvalue weighted by atomic mass is 9.78. The summed E-state index contributed by atoms with van der Waals surface area (Å²) in [4.78, 5) is 2.66. The van der Waals surface area contributed by atoms with Gasteiger partial charge < -0.3 is 5.32 Å². The van der Waals surface area contributed by atoms with Crippen molar-refractivity contribution < 1.29 is 0 Å². The number of nitrogens with zero attached hydrogens (tertiary/aromatic N) is 1. The van der Waals surface area contributed by atoms with E-state index in [0.29, 0.717) is 5.41 Å². The van der Waals surface area contributed by atoms with Gasteiger partial charge in [-0.25, -0.2) is 0 Å². The minimum Gasteiger partial charge on any atom is -0.317 e. The molecule has 0 unspecified atom stereocenters. The van der Waals surface area contributed by atoms with Crippen molar-refractivity contribution in [2.75, 3.05) is 26.2 Å². The van der Waals surface area contributed by atoms with Gasteiger partial charge in [0.1, 0.15) is 0 Å². The maximum atomic E-state index is 3.50. The third-order valence-corrected chi connectivity index (χ3v) is 5.40. The number of rotatable bonds is 2. The summed E-state index contributed by atoms with van der Waals surface area (Å²) >= 11 is 0. The molecule has 0 bridgehead atoms. The van der Waals surface area contributed by atoms with Crippen LogP contribution in [0.4, 0.5) is 0 Å². The molecule has 2 heterocycles. The highest BCUT2D eigenvalue weighted by Gasteiger charge is 2.38. The zero-order valence-electron chi connectivity index (χ0n) is 12.6. The molecule has 2 saturated heterocycles. The molecule has 0 aromatic heterocycles. The Hall–Kier alpha value is -1.38. The van der Waals surface area contributed by atoms with Crippen molar-refractivity contribution in [2.24, 2.45) is 5.41 Å². The molecule has 1 spiro atoms. The maximum absolute atomic E-state index is 3.50. The van der Waals surface area contributed by atoms with Crippen molar-refractivity contribution in [3.63, 3.8) is 0 Å².